The molecule has 0 saturated heterocycles. The monoisotopic (exact) mass is 371 g/mol. The first-order chi connectivity index (χ1) is 12.7. The van der Waals surface area contributed by atoms with Crippen LogP contribution in [0.3, 0.4) is 0 Å². The SMILES string of the molecule is COc1cc(-c2n[nH]c(=S)n2CCc2ccccc2)cc(OC)c1OC. The topological polar surface area (TPSA) is 61.3 Å². The van der Waals surface area contributed by atoms with E-state index < -0.39 is 0 Å². The van der Waals surface area contributed by atoms with Gasteiger partial charge in [0, 0.05) is 12.1 Å². The average Bonchev–Trinajstić information content (AvgIpc) is 3.06. The molecule has 0 spiro atoms. The van der Waals surface area contributed by atoms with E-state index in [2.05, 4.69) is 22.3 Å². The fourth-order valence-electron chi connectivity index (χ4n) is 2.84. The highest BCUT2D eigenvalue weighted by atomic mass is 32.1. The summed E-state index contributed by atoms with van der Waals surface area (Å²) >= 11 is 5.42. The fourth-order valence-corrected chi connectivity index (χ4v) is 3.06. The van der Waals surface area contributed by atoms with E-state index >= 15 is 0 Å². The van der Waals surface area contributed by atoms with Crippen molar-refractivity contribution in [2.45, 2.75) is 13.0 Å². The van der Waals surface area contributed by atoms with Crippen LogP contribution in [0, 0.1) is 4.77 Å². The first kappa shape index (κ1) is 18.0. The van der Waals surface area contributed by atoms with Crippen molar-refractivity contribution in [1.29, 1.82) is 0 Å². The number of nitrogens with one attached hydrogen (secondary N) is 1. The van der Waals surface area contributed by atoms with Crippen molar-refractivity contribution in [1.82, 2.24) is 14.8 Å². The van der Waals surface area contributed by atoms with Crippen LogP contribution in [0.25, 0.3) is 11.4 Å². The predicted molar refractivity (Wildman–Crippen MR) is 103 cm³/mol. The van der Waals surface area contributed by atoms with Crippen molar-refractivity contribution in [3.8, 4) is 28.6 Å². The van der Waals surface area contributed by atoms with Gasteiger partial charge in [0.05, 0.1) is 21.3 Å². The molecular formula is C19H21N3O3S. The quantitative estimate of drug-likeness (QED) is 0.639. The summed E-state index contributed by atoms with van der Waals surface area (Å²) < 4.78 is 18.8. The maximum absolute atomic E-state index is 5.44. The number of aryl methyl sites for hydroxylation is 1. The lowest BCUT2D eigenvalue weighted by atomic mass is 10.1. The third-order valence-electron chi connectivity index (χ3n) is 4.15. The minimum atomic E-state index is 0.545. The first-order valence-corrected chi connectivity index (χ1v) is 8.58. The molecule has 7 heteroatoms. The molecule has 26 heavy (non-hydrogen) atoms. The molecule has 1 heterocycles. The Morgan fingerprint density at radius 2 is 1.65 bits per heavy atom. The van der Waals surface area contributed by atoms with Crippen LogP contribution in [0.4, 0.5) is 0 Å². The molecule has 0 amide bonds. The first-order valence-electron chi connectivity index (χ1n) is 8.17. The molecule has 0 radical (unpaired) electrons. The summed E-state index contributed by atoms with van der Waals surface area (Å²) in [5.74, 6) is 2.42. The maximum Gasteiger partial charge on any atom is 0.203 e. The molecular weight excluding hydrogens is 350 g/mol. The third-order valence-corrected chi connectivity index (χ3v) is 4.46. The van der Waals surface area contributed by atoms with E-state index in [0.29, 0.717) is 28.6 Å². The summed E-state index contributed by atoms with van der Waals surface area (Å²) in [6.07, 6.45) is 0.853. The third kappa shape index (κ3) is 3.57. The number of ether oxygens (including phenoxy) is 3. The molecule has 0 fully saturated rings. The summed E-state index contributed by atoms with van der Waals surface area (Å²) in [5.41, 5.74) is 2.08. The Balaban J connectivity index is 1.99. The Hall–Kier alpha value is -2.80. The Bertz CT molecular complexity index is 910. The lowest BCUT2D eigenvalue weighted by molar-refractivity contribution is 0.324. The summed E-state index contributed by atoms with van der Waals surface area (Å²) in [6, 6.07) is 14.0. The number of hydrogen-bond acceptors (Lipinski definition) is 5. The minimum Gasteiger partial charge on any atom is -0.493 e. The van der Waals surface area contributed by atoms with Gasteiger partial charge in [-0.15, -0.1) is 0 Å². The van der Waals surface area contributed by atoms with Crippen molar-refractivity contribution in [2.24, 2.45) is 0 Å². The zero-order chi connectivity index (χ0) is 18.5. The molecule has 3 aromatic rings. The van der Waals surface area contributed by atoms with Crippen molar-refractivity contribution in [3.63, 3.8) is 0 Å². The highest BCUT2D eigenvalue weighted by molar-refractivity contribution is 7.71. The molecule has 0 unspecified atom stereocenters. The van der Waals surface area contributed by atoms with E-state index in [-0.39, 0.29) is 0 Å². The van der Waals surface area contributed by atoms with Gasteiger partial charge >= 0.3 is 0 Å². The number of methoxy groups -OCH3 is 3. The molecule has 0 aliphatic rings. The van der Waals surface area contributed by atoms with Crippen LogP contribution in [0.5, 0.6) is 17.2 Å². The number of H-pyrrole nitrogens is 1. The smallest absolute Gasteiger partial charge is 0.203 e. The molecule has 1 aromatic heterocycles. The Kier molecular flexibility index (Phi) is 5.58. The number of benzene rings is 2. The van der Waals surface area contributed by atoms with Gasteiger partial charge in [0.25, 0.3) is 0 Å². The number of hydrogen-bond donors (Lipinski definition) is 1. The summed E-state index contributed by atoms with van der Waals surface area (Å²) in [5, 5.41) is 7.28. The van der Waals surface area contributed by atoms with Gasteiger partial charge in [-0.25, -0.2) is 0 Å². The molecule has 6 nitrogen and oxygen atoms in total. The molecule has 0 aliphatic heterocycles. The molecule has 0 aliphatic carbocycles. The molecule has 0 saturated carbocycles. The van der Waals surface area contributed by atoms with E-state index in [1.165, 1.54) is 5.56 Å². The van der Waals surface area contributed by atoms with E-state index in [1.54, 1.807) is 21.3 Å². The number of nitrogens with zero attached hydrogens (tertiary/aromatic N) is 2. The summed E-state index contributed by atoms with van der Waals surface area (Å²) in [6.45, 7) is 0.714. The van der Waals surface area contributed by atoms with Crippen molar-refractivity contribution in [3.05, 3.63) is 52.8 Å². The Morgan fingerprint density at radius 1 is 1.00 bits per heavy atom. The van der Waals surface area contributed by atoms with E-state index in [1.807, 2.05) is 34.9 Å². The number of rotatable bonds is 7. The predicted octanol–water partition coefficient (Wildman–Crippen LogP) is 3.88. The molecule has 136 valence electrons. The standard InChI is InChI=1S/C19H21N3O3S/c1-23-15-11-14(12-16(24-2)17(15)25-3)18-20-21-19(26)22(18)10-9-13-7-5-4-6-8-13/h4-8,11-12H,9-10H2,1-3H3,(H,21,26). The van der Waals surface area contributed by atoms with Gasteiger partial charge in [0.1, 0.15) is 0 Å². The summed E-state index contributed by atoms with van der Waals surface area (Å²) in [7, 11) is 4.76. The molecule has 1 N–H and O–H groups in total. The van der Waals surface area contributed by atoms with Crippen molar-refractivity contribution >= 4 is 12.2 Å². The van der Waals surface area contributed by atoms with Gasteiger partial charge in [0.15, 0.2) is 22.1 Å². The Morgan fingerprint density at radius 3 is 2.23 bits per heavy atom. The van der Waals surface area contributed by atoms with Crippen LogP contribution < -0.4 is 14.2 Å². The van der Waals surface area contributed by atoms with Gasteiger partial charge in [-0.05, 0) is 36.3 Å². The van der Waals surface area contributed by atoms with E-state index in [4.69, 9.17) is 26.4 Å². The zero-order valence-electron chi connectivity index (χ0n) is 15.0. The molecule has 2 aromatic carbocycles. The largest absolute Gasteiger partial charge is 0.493 e. The van der Waals surface area contributed by atoms with Gasteiger partial charge in [-0.1, -0.05) is 30.3 Å². The van der Waals surface area contributed by atoms with E-state index in [9.17, 15) is 0 Å². The van der Waals surface area contributed by atoms with Crippen LogP contribution in [0.15, 0.2) is 42.5 Å². The average molecular weight is 371 g/mol. The van der Waals surface area contributed by atoms with Gasteiger partial charge in [0.2, 0.25) is 5.75 Å². The highest BCUT2D eigenvalue weighted by Gasteiger charge is 2.17. The van der Waals surface area contributed by atoms with Crippen molar-refractivity contribution < 1.29 is 14.2 Å². The van der Waals surface area contributed by atoms with Crippen LogP contribution in [-0.2, 0) is 13.0 Å². The fraction of sp³-hybridized carbons (Fsp3) is 0.263. The Labute approximate surface area is 157 Å². The van der Waals surface area contributed by atoms with Crippen LogP contribution in [0.1, 0.15) is 5.56 Å². The number of aromatic nitrogens is 3. The molecule has 3 rings (SSSR count). The minimum absolute atomic E-state index is 0.545. The molecule has 0 bridgehead atoms. The van der Waals surface area contributed by atoms with Crippen LogP contribution >= 0.6 is 12.2 Å². The summed E-state index contributed by atoms with van der Waals surface area (Å²) in [4.78, 5) is 0. The maximum atomic E-state index is 5.44. The van der Waals surface area contributed by atoms with Gasteiger partial charge in [-0.3, -0.25) is 9.67 Å². The van der Waals surface area contributed by atoms with Gasteiger partial charge < -0.3 is 14.2 Å². The van der Waals surface area contributed by atoms with E-state index in [0.717, 1.165) is 17.8 Å². The van der Waals surface area contributed by atoms with Gasteiger partial charge in [-0.2, -0.15) is 5.10 Å². The van der Waals surface area contributed by atoms with Crippen LogP contribution in [-0.4, -0.2) is 36.1 Å². The second-order valence-corrected chi connectivity index (χ2v) is 6.04. The zero-order valence-corrected chi connectivity index (χ0v) is 15.8. The van der Waals surface area contributed by atoms with Crippen LogP contribution in [0.2, 0.25) is 0 Å². The lowest BCUT2D eigenvalue weighted by Crippen LogP contribution is -2.04. The molecule has 0 atom stereocenters. The second kappa shape index (κ2) is 8.05. The highest BCUT2D eigenvalue weighted by Crippen LogP contribution is 2.40. The number of aromatic amines is 1. The van der Waals surface area contributed by atoms with Crippen molar-refractivity contribution in [2.75, 3.05) is 21.3 Å². The second-order valence-electron chi connectivity index (χ2n) is 5.65. The lowest BCUT2D eigenvalue weighted by Gasteiger charge is -2.14. The normalized spacial score (nSPS) is 10.6.